The molecule has 0 radical (unpaired) electrons. The smallest absolute Gasteiger partial charge is 0.261 e. The molecule has 1 atom stereocenters. The normalized spacial score (nSPS) is 13.0. The molecule has 1 aromatic rings. The molecule has 0 aliphatic rings. The predicted octanol–water partition coefficient (Wildman–Crippen LogP) is 3.04. The van der Waals surface area contributed by atoms with Crippen LogP contribution < -0.4 is 5.32 Å². The lowest BCUT2D eigenvalue weighted by atomic mass is 10.0. The van der Waals surface area contributed by atoms with E-state index in [1.165, 1.54) is 7.05 Å². The Morgan fingerprint density at radius 2 is 1.74 bits per heavy atom. The summed E-state index contributed by atoms with van der Waals surface area (Å²) in [5.74, 6) is -3.33. The van der Waals surface area contributed by atoms with E-state index in [1.54, 1.807) is 0 Å². The summed E-state index contributed by atoms with van der Waals surface area (Å²) in [5, 5.41) is 2.70. The SMILES string of the molecule is CNC(CCOCC(F)F)c1cc(F)c(F)cc1F. The molecule has 19 heavy (non-hydrogen) atoms. The molecule has 2 nitrogen and oxygen atoms in total. The Hall–Kier alpha value is -1.21. The van der Waals surface area contributed by atoms with Crippen LogP contribution in [-0.2, 0) is 4.74 Å². The Morgan fingerprint density at radius 3 is 2.32 bits per heavy atom. The molecular formula is C12H14F5NO. The highest BCUT2D eigenvalue weighted by molar-refractivity contribution is 5.23. The summed E-state index contributed by atoms with van der Waals surface area (Å²) in [4.78, 5) is 0. The number of alkyl halides is 2. The fourth-order valence-corrected chi connectivity index (χ4v) is 1.63. The number of benzene rings is 1. The number of rotatable bonds is 7. The van der Waals surface area contributed by atoms with E-state index in [9.17, 15) is 22.0 Å². The molecule has 0 fully saturated rings. The average Bonchev–Trinajstić information content (AvgIpc) is 2.34. The second kappa shape index (κ2) is 7.40. The van der Waals surface area contributed by atoms with Crippen LogP contribution in [0, 0.1) is 17.5 Å². The zero-order valence-corrected chi connectivity index (χ0v) is 10.2. The van der Waals surface area contributed by atoms with Gasteiger partial charge in [-0.05, 0) is 19.5 Å². The zero-order chi connectivity index (χ0) is 14.4. The quantitative estimate of drug-likeness (QED) is 0.472. The van der Waals surface area contributed by atoms with Crippen molar-refractivity contribution < 1.29 is 26.7 Å². The summed E-state index contributed by atoms with van der Waals surface area (Å²) in [6, 6.07) is 0.557. The van der Waals surface area contributed by atoms with E-state index in [-0.39, 0.29) is 18.6 Å². The maximum atomic E-state index is 13.5. The van der Waals surface area contributed by atoms with Crippen LogP contribution in [0.2, 0.25) is 0 Å². The van der Waals surface area contributed by atoms with Gasteiger partial charge < -0.3 is 10.1 Å². The first-order valence-electron chi connectivity index (χ1n) is 5.63. The van der Waals surface area contributed by atoms with Crippen LogP contribution in [-0.4, -0.2) is 26.7 Å². The molecular weight excluding hydrogens is 269 g/mol. The minimum Gasteiger partial charge on any atom is -0.375 e. The summed E-state index contributed by atoms with van der Waals surface area (Å²) in [6.45, 7) is -0.759. The fourth-order valence-electron chi connectivity index (χ4n) is 1.63. The van der Waals surface area contributed by atoms with Gasteiger partial charge in [0.1, 0.15) is 12.4 Å². The van der Waals surface area contributed by atoms with Crippen molar-refractivity contribution >= 4 is 0 Å². The van der Waals surface area contributed by atoms with E-state index in [2.05, 4.69) is 10.1 Å². The molecule has 0 spiro atoms. The molecule has 0 bridgehead atoms. The van der Waals surface area contributed by atoms with Gasteiger partial charge in [0, 0.05) is 24.3 Å². The highest BCUT2D eigenvalue weighted by atomic mass is 19.3. The Balaban J connectivity index is 2.67. The summed E-state index contributed by atoms with van der Waals surface area (Å²) in [7, 11) is 1.50. The van der Waals surface area contributed by atoms with Crippen molar-refractivity contribution in [2.75, 3.05) is 20.3 Å². The summed E-state index contributed by atoms with van der Waals surface area (Å²) in [5.41, 5.74) is -0.0675. The largest absolute Gasteiger partial charge is 0.375 e. The van der Waals surface area contributed by atoms with Crippen LogP contribution in [0.3, 0.4) is 0 Å². The second-order valence-electron chi connectivity index (χ2n) is 3.88. The van der Waals surface area contributed by atoms with Crippen molar-refractivity contribution in [3.05, 3.63) is 35.1 Å². The molecule has 0 aromatic heterocycles. The molecule has 0 heterocycles. The molecule has 0 amide bonds. The molecule has 1 N–H and O–H groups in total. The van der Waals surface area contributed by atoms with Gasteiger partial charge >= 0.3 is 0 Å². The summed E-state index contributed by atoms with van der Waals surface area (Å²) in [6.07, 6.45) is -2.42. The van der Waals surface area contributed by atoms with Crippen molar-refractivity contribution in [1.82, 2.24) is 5.32 Å². The number of hydrogen-bond donors (Lipinski definition) is 1. The number of hydrogen-bond acceptors (Lipinski definition) is 2. The van der Waals surface area contributed by atoms with E-state index in [4.69, 9.17) is 0 Å². The van der Waals surface area contributed by atoms with E-state index < -0.39 is 36.5 Å². The number of ether oxygens (including phenoxy) is 1. The monoisotopic (exact) mass is 283 g/mol. The first kappa shape index (κ1) is 15.8. The summed E-state index contributed by atoms with van der Waals surface area (Å²) < 4.78 is 67.7. The van der Waals surface area contributed by atoms with Gasteiger partial charge in [-0.25, -0.2) is 22.0 Å². The van der Waals surface area contributed by atoms with E-state index >= 15 is 0 Å². The lowest BCUT2D eigenvalue weighted by Gasteiger charge is -2.17. The van der Waals surface area contributed by atoms with Gasteiger partial charge in [-0.15, -0.1) is 0 Å². The molecule has 7 heteroatoms. The topological polar surface area (TPSA) is 21.3 Å². The van der Waals surface area contributed by atoms with E-state index in [0.29, 0.717) is 6.07 Å². The van der Waals surface area contributed by atoms with Gasteiger partial charge in [-0.3, -0.25) is 0 Å². The standard InChI is InChI=1S/C12H14F5NO/c1-18-11(2-3-19-6-12(16)17)7-4-9(14)10(15)5-8(7)13/h4-5,11-12,18H,2-3,6H2,1H3. The van der Waals surface area contributed by atoms with Gasteiger partial charge in [0.25, 0.3) is 6.43 Å². The molecule has 1 aromatic carbocycles. The van der Waals surface area contributed by atoms with Crippen molar-refractivity contribution in [3.63, 3.8) is 0 Å². The number of halogens is 5. The lowest BCUT2D eigenvalue weighted by Crippen LogP contribution is -2.20. The second-order valence-corrected chi connectivity index (χ2v) is 3.88. The molecule has 0 aliphatic heterocycles. The minimum atomic E-state index is -2.58. The van der Waals surface area contributed by atoms with Crippen LogP contribution >= 0.6 is 0 Å². The Morgan fingerprint density at radius 1 is 1.11 bits per heavy atom. The highest BCUT2D eigenvalue weighted by Gasteiger charge is 2.17. The van der Waals surface area contributed by atoms with Crippen molar-refractivity contribution in [3.8, 4) is 0 Å². The van der Waals surface area contributed by atoms with Crippen LogP contribution in [0.4, 0.5) is 22.0 Å². The van der Waals surface area contributed by atoms with Crippen molar-refractivity contribution in [1.29, 1.82) is 0 Å². The first-order valence-corrected chi connectivity index (χ1v) is 5.63. The Kier molecular flexibility index (Phi) is 6.17. The minimum absolute atomic E-state index is 0.0473. The van der Waals surface area contributed by atoms with Gasteiger partial charge in [-0.2, -0.15) is 0 Å². The molecule has 1 unspecified atom stereocenters. The molecule has 0 aliphatic carbocycles. The Labute approximate surface area is 107 Å². The van der Waals surface area contributed by atoms with Gasteiger partial charge in [0.2, 0.25) is 0 Å². The van der Waals surface area contributed by atoms with Crippen LogP contribution in [0.25, 0.3) is 0 Å². The molecule has 0 saturated heterocycles. The third-order valence-corrected chi connectivity index (χ3v) is 2.56. The van der Waals surface area contributed by atoms with Gasteiger partial charge in [0.05, 0.1) is 0 Å². The first-order chi connectivity index (χ1) is 8.95. The zero-order valence-electron chi connectivity index (χ0n) is 10.2. The lowest BCUT2D eigenvalue weighted by molar-refractivity contribution is 0.0144. The Bertz CT molecular complexity index is 413. The van der Waals surface area contributed by atoms with E-state index in [1.807, 2.05) is 0 Å². The number of nitrogens with one attached hydrogen (secondary N) is 1. The van der Waals surface area contributed by atoms with E-state index in [0.717, 1.165) is 6.07 Å². The predicted molar refractivity (Wildman–Crippen MR) is 59.6 cm³/mol. The maximum Gasteiger partial charge on any atom is 0.261 e. The average molecular weight is 283 g/mol. The van der Waals surface area contributed by atoms with Crippen LogP contribution in [0.1, 0.15) is 18.0 Å². The van der Waals surface area contributed by atoms with Crippen LogP contribution in [0.5, 0.6) is 0 Å². The highest BCUT2D eigenvalue weighted by Crippen LogP contribution is 2.22. The van der Waals surface area contributed by atoms with Gasteiger partial charge in [-0.1, -0.05) is 0 Å². The summed E-state index contributed by atoms with van der Waals surface area (Å²) >= 11 is 0. The molecule has 108 valence electrons. The molecule has 0 saturated carbocycles. The van der Waals surface area contributed by atoms with Crippen molar-refractivity contribution in [2.24, 2.45) is 0 Å². The maximum absolute atomic E-state index is 13.5. The van der Waals surface area contributed by atoms with Gasteiger partial charge in [0.15, 0.2) is 11.6 Å². The molecule has 1 rings (SSSR count). The third kappa shape index (κ3) is 4.76. The third-order valence-electron chi connectivity index (χ3n) is 2.56. The van der Waals surface area contributed by atoms with Crippen LogP contribution in [0.15, 0.2) is 12.1 Å². The van der Waals surface area contributed by atoms with Crippen molar-refractivity contribution in [2.45, 2.75) is 18.9 Å². The fraction of sp³-hybridized carbons (Fsp3) is 0.500.